The maximum atomic E-state index is 12.1. The smallest absolute Gasteiger partial charge is 0.277 e. The highest BCUT2D eigenvalue weighted by Gasteiger charge is 2.12. The summed E-state index contributed by atoms with van der Waals surface area (Å²) < 4.78 is 1.89. The number of aromatic nitrogens is 4. The zero-order chi connectivity index (χ0) is 16.2. The molecule has 0 aliphatic heterocycles. The van der Waals surface area contributed by atoms with Gasteiger partial charge < -0.3 is 0 Å². The van der Waals surface area contributed by atoms with E-state index in [0.717, 1.165) is 14.8 Å². The number of amides is 1. The Morgan fingerprint density at radius 2 is 2.22 bits per heavy atom. The fourth-order valence-electron chi connectivity index (χ4n) is 1.63. The van der Waals surface area contributed by atoms with E-state index in [9.17, 15) is 9.59 Å². The molecule has 3 heterocycles. The van der Waals surface area contributed by atoms with Gasteiger partial charge in [0.2, 0.25) is 5.13 Å². The van der Waals surface area contributed by atoms with Crippen molar-refractivity contribution < 1.29 is 4.79 Å². The van der Waals surface area contributed by atoms with Crippen LogP contribution in [0.2, 0.25) is 0 Å². The Kier molecular flexibility index (Phi) is 4.84. The molecule has 0 bridgehead atoms. The Hall–Kier alpha value is -2.04. The number of rotatable bonds is 5. The van der Waals surface area contributed by atoms with E-state index in [4.69, 9.17) is 0 Å². The van der Waals surface area contributed by atoms with Crippen molar-refractivity contribution in [2.45, 2.75) is 10.1 Å². The van der Waals surface area contributed by atoms with E-state index in [1.807, 2.05) is 11.4 Å². The van der Waals surface area contributed by atoms with Crippen LogP contribution in [0, 0.1) is 0 Å². The summed E-state index contributed by atoms with van der Waals surface area (Å²) in [6.45, 7) is 0. The van der Waals surface area contributed by atoms with E-state index in [1.165, 1.54) is 35.4 Å². The number of hydrogen-bond donors (Lipinski definition) is 1. The summed E-state index contributed by atoms with van der Waals surface area (Å²) in [6, 6.07) is 6.74. The first kappa shape index (κ1) is 15.8. The highest BCUT2D eigenvalue weighted by molar-refractivity contribution is 8.00. The molecule has 0 unspecified atom stereocenters. The number of carbonyl (C=O) groups is 1. The molecule has 0 radical (unpaired) electrons. The maximum Gasteiger partial charge on any atom is 0.277 e. The van der Waals surface area contributed by atoms with E-state index in [1.54, 1.807) is 23.1 Å². The van der Waals surface area contributed by atoms with Crippen LogP contribution >= 0.6 is 34.4 Å². The van der Waals surface area contributed by atoms with Gasteiger partial charge in [-0.15, -0.1) is 21.5 Å². The van der Waals surface area contributed by atoms with Crippen LogP contribution in [-0.4, -0.2) is 25.9 Å². The number of thiophene rings is 1. The van der Waals surface area contributed by atoms with Gasteiger partial charge in [-0.05, 0) is 17.5 Å². The van der Waals surface area contributed by atoms with E-state index in [2.05, 4.69) is 26.7 Å². The SMILES string of the molecule is Cn1nc(C(=O)Nc2nnc(SCc3cccs3)s2)ccc1=O. The molecule has 3 rings (SSSR count). The zero-order valence-corrected chi connectivity index (χ0v) is 14.4. The minimum absolute atomic E-state index is 0.148. The van der Waals surface area contributed by atoms with Crippen molar-refractivity contribution in [3.63, 3.8) is 0 Å². The highest BCUT2D eigenvalue weighted by Crippen LogP contribution is 2.29. The Morgan fingerprint density at radius 3 is 2.96 bits per heavy atom. The van der Waals surface area contributed by atoms with Gasteiger partial charge in [-0.3, -0.25) is 14.9 Å². The minimum atomic E-state index is -0.424. The fourth-order valence-corrected chi connectivity index (χ4v) is 4.15. The van der Waals surface area contributed by atoms with Crippen LogP contribution in [0.5, 0.6) is 0 Å². The molecular formula is C13H11N5O2S3. The largest absolute Gasteiger partial charge is 0.295 e. The third-order valence-electron chi connectivity index (χ3n) is 2.74. The van der Waals surface area contributed by atoms with Crippen LogP contribution in [-0.2, 0) is 12.8 Å². The molecule has 0 saturated heterocycles. The van der Waals surface area contributed by atoms with Crippen molar-refractivity contribution in [2.24, 2.45) is 7.05 Å². The Bertz CT molecular complexity index is 872. The molecule has 7 nitrogen and oxygen atoms in total. The number of thioether (sulfide) groups is 1. The van der Waals surface area contributed by atoms with Crippen LogP contribution in [0.3, 0.4) is 0 Å². The van der Waals surface area contributed by atoms with Gasteiger partial charge in [-0.2, -0.15) is 5.10 Å². The van der Waals surface area contributed by atoms with Gasteiger partial charge in [0, 0.05) is 23.7 Å². The molecule has 0 saturated carbocycles. The summed E-state index contributed by atoms with van der Waals surface area (Å²) in [6.07, 6.45) is 0. The molecule has 1 amide bonds. The molecule has 0 aliphatic rings. The number of nitrogens with zero attached hydrogens (tertiary/aromatic N) is 4. The van der Waals surface area contributed by atoms with Crippen molar-refractivity contribution in [3.8, 4) is 0 Å². The highest BCUT2D eigenvalue weighted by atomic mass is 32.2. The maximum absolute atomic E-state index is 12.1. The molecule has 0 fully saturated rings. The van der Waals surface area contributed by atoms with Gasteiger partial charge in [-0.25, -0.2) is 4.68 Å². The lowest BCUT2D eigenvalue weighted by Crippen LogP contribution is -2.23. The third kappa shape index (κ3) is 4.03. The fraction of sp³-hybridized carbons (Fsp3) is 0.154. The first-order chi connectivity index (χ1) is 11.1. The van der Waals surface area contributed by atoms with Crippen LogP contribution < -0.4 is 10.9 Å². The molecule has 118 valence electrons. The molecule has 1 N–H and O–H groups in total. The van der Waals surface area contributed by atoms with Crippen LogP contribution in [0.25, 0.3) is 0 Å². The lowest BCUT2D eigenvalue weighted by atomic mass is 10.4. The molecule has 10 heteroatoms. The standard InChI is InChI=1S/C13H11N5O2S3/c1-18-10(19)5-4-9(17-18)11(20)14-12-15-16-13(23-12)22-7-8-3-2-6-21-8/h2-6H,7H2,1H3,(H,14,15,20). The topological polar surface area (TPSA) is 89.8 Å². The molecule has 0 atom stereocenters. The summed E-state index contributed by atoms with van der Waals surface area (Å²) in [5, 5.41) is 16.9. The van der Waals surface area contributed by atoms with E-state index >= 15 is 0 Å². The quantitative estimate of drug-likeness (QED) is 0.551. The van der Waals surface area contributed by atoms with Gasteiger partial charge in [0.05, 0.1) is 0 Å². The summed E-state index contributed by atoms with van der Waals surface area (Å²) in [7, 11) is 1.49. The van der Waals surface area contributed by atoms with Gasteiger partial charge in [0.25, 0.3) is 11.5 Å². The van der Waals surface area contributed by atoms with Crippen molar-refractivity contribution in [2.75, 3.05) is 5.32 Å². The summed E-state index contributed by atoms with van der Waals surface area (Å²) in [4.78, 5) is 24.6. The first-order valence-corrected chi connectivity index (χ1v) is 9.14. The molecule has 3 aromatic heterocycles. The number of aryl methyl sites for hydroxylation is 1. The van der Waals surface area contributed by atoms with Crippen molar-refractivity contribution in [1.82, 2.24) is 20.0 Å². The lowest BCUT2D eigenvalue weighted by molar-refractivity contribution is 0.102. The van der Waals surface area contributed by atoms with E-state index in [0.29, 0.717) is 5.13 Å². The summed E-state index contributed by atoms with van der Waals surface area (Å²) in [5.41, 5.74) is -0.125. The molecule has 0 spiro atoms. The first-order valence-electron chi connectivity index (χ1n) is 6.46. The number of nitrogens with one attached hydrogen (secondary N) is 1. The number of anilines is 1. The second-order valence-corrected chi connectivity index (χ2v) is 7.61. The van der Waals surface area contributed by atoms with Crippen molar-refractivity contribution >= 4 is 45.5 Å². The zero-order valence-electron chi connectivity index (χ0n) is 11.9. The molecule has 3 aromatic rings. The lowest BCUT2D eigenvalue weighted by Gasteiger charge is -2.01. The number of hydrogen-bond acceptors (Lipinski definition) is 8. The second kappa shape index (κ2) is 7.02. The van der Waals surface area contributed by atoms with Crippen molar-refractivity contribution in [1.29, 1.82) is 0 Å². The van der Waals surface area contributed by atoms with Gasteiger partial charge in [0.15, 0.2) is 4.34 Å². The van der Waals surface area contributed by atoms with Crippen LogP contribution in [0.15, 0.2) is 38.8 Å². The van der Waals surface area contributed by atoms with Gasteiger partial charge >= 0.3 is 0 Å². The van der Waals surface area contributed by atoms with E-state index in [-0.39, 0.29) is 11.3 Å². The van der Waals surface area contributed by atoms with Gasteiger partial charge in [-0.1, -0.05) is 29.2 Å². The van der Waals surface area contributed by atoms with Gasteiger partial charge in [0.1, 0.15) is 5.69 Å². The average molecular weight is 365 g/mol. The number of carbonyl (C=O) groups excluding carboxylic acids is 1. The summed E-state index contributed by atoms with van der Waals surface area (Å²) >= 11 is 4.56. The Labute approximate surface area is 143 Å². The monoisotopic (exact) mass is 365 g/mol. The van der Waals surface area contributed by atoms with Crippen molar-refractivity contribution in [3.05, 3.63) is 50.6 Å². The average Bonchev–Trinajstić information content (AvgIpc) is 3.19. The molecular weight excluding hydrogens is 354 g/mol. The second-order valence-electron chi connectivity index (χ2n) is 4.38. The Balaban J connectivity index is 1.62. The predicted octanol–water partition coefficient (Wildman–Crippen LogP) is 2.24. The van der Waals surface area contributed by atoms with E-state index < -0.39 is 5.91 Å². The summed E-state index contributed by atoms with van der Waals surface area (Å²) in [5.74, 6) is 0.398. The van der Waals surface area contributed by atoms with Crippen LogP contribution in [0.1, 0.15) is 15.4 Å². The predicted molar refractivity (Wildman–Crippen MR) is 91.2 cm³/mol. The minimum Gasteiger partial charge on any atom is -0.295 e. The molecule has 0 aliphatic carbocycles. The normalized spacial score (nSPS) is 10.7. The molecule has 23 heavy (non-hydrogen) atoms. The Morgan fingerprint density at radius 1 is 1.35 bits per heavy atom. The van der Waals surface area contributed by atoms with Crippen LogP contribution in [0.4, 0.5) is 5.13 Å². The third-order valence-corrected chi connectivity index (χ3v) is 5.82. The molecule has 0 aromatic carbocycles.